The van der Waals surface area contributed by atoms with Gasteiger partial charge in [-0.15, -0.1) is 0 Å². The molecule has 1 fully saturated rings. The fraction of sp³-hybridized carbons (Fsp3) is 0.278. The Morgan fingerprint density at radius 3 is 2.38 bits per heavy atom. The quantitative estimate of drug-likeness (QED) is 0.882. The number of carbonyl (C=O) groups excluding carboxylic acids is 1. The molecule has 0 unspecified atom stereocenters. The van der Waals surface area contributed by atoms with Crippen LogP contribution in [0, 0.1) is 5.92 Å². The first-order valence-corrected chi connectivity index (χ1v) is 7.34. The van der Waals surface area contributed by atoms with Crippen LogP contribution in [0.3, 0.4) is 0 Å². The highest BCUT2D eigenvalue weighted by Gasteiger charge is 2.29. The number of hydrogen-bond donors (Lipinski definition) is 1. The van der Waals surface area contributed by atoms with Gasteiger partial charge in [-0.2, -0.15) is 0 Å². The third-order valence-electron chi connectivity index (χ3n) is 3.59. The van der Waals surface area contributed by atoms with E-state index in [1.807, 2.05) is 54.6 Å². The van der Waals surface area contributed by atoms with Crippen molar-refractivity contribution in [2.24, 2.45) is 5.92 Å². The van der Waals surface area contributed by atoms with E-state index in [1.165, 1.54) is 0 Å². The maximum Gasteiger partial charge on any atom is 0.223 e. The van der Waals surface area contributed by atoms with Gasteiger partial charge in [0.15, 0.2) is 0 Å². The zero-order valence-corrected chi connectivity index (χ0v) is 11.9. The minimum Gasteiger partial charge on any atom is -0.489 e. The van der Waals surface area contributed by atoms with Gasteiger partial charge in [0.1, 0.15) is 12.4 Å². The van der Waals surface area contributed by atoms with Gasteiger partial charge < -0.3 is 10.1 Å². The lowest BCUT2D eigenvalue weighted by Crippen LogP contribution is -2.24. The molecule has 1 aliphatic carbocycles. The second-order valence-corrected chi connectivity index (χ2v) is 5.41. The van der Waals surface area contributed by atoms with E-state index in [1.54, 1.807) is 0 Å². The van der Waals surface area contributed by atoms with Crippen LogP contribution in [0.25, 0.3) is 0 Å². The Labute approximate surface area is 124 Å². The Hall–Kier alpha value is -2.29. The molecule has 1 N–H and O–H groups in total. The second kappa shape index (κ2) is 6.44. The van der Waals surface area contributed by atoms with Gasteiger partial charge in [-0.25, -0.2) is 0 Å². The van der Waals surface area contributed by atoms with Gasteiger partial charge in [-0.3, -0.25) is 4.79 Å². The Balaban J connectivity index is 1.48. The minimum atomic E-state index is 0.180. The van der Waals surface area contributed by atoms with Crippen molar-refractivity contribution in [3.05, 3.63) is 65.7 Å². The highest BCUT2D eigenvalue weighted by molar-refractivity contribution is 5.80. The summed E-state index contributed by atoms with van der Waals surface area (Å²) in [5.74, 6) is 1.29. The maximum absolute atomic E-state index is 11.6. The molecule has 3 nitrogen and oxygen atoms in total. The molecule has 3 rings (SSSR count). The van der Waals surface area contributed by atoms with Crippen LogP contribution in [-0.4, -0.2) is 5.91 Å². The Morgan fingerprint density at radius 1 is 1.00 bits per heavy atom. The van der Waals surface area contributed by atoms with Crippen LogP contribution in [0.5, 0.6) is 5.75 Å². The normalized spacial score (nSPS) is 13.7. The number of hydrogen-bond acceptors (Lipinski definition) is 2. The number of ether oxygens (including phenoxy) is 1. The summed E-state index contributed by atoms with van der Waals surface area (Å²) in [4.78, 5) is 11.6. The molecule has 1 saturated carbocycles. The Morgan fingerprint density at radius 2 is 1.71 bits per heavy atom. The van der Waals surface area contributed by atoms with E-state index in [0.717, 1.165) is 29.7 Å². The van der Waals surface area contributed by atoms with E-state index >= 15 is 0 Å². The number of amides is 1. The van der Waals surface area contributed by atoms with Crippen molar-refractivity contribution in [2.45, 2.75) is 26.0 Å². The molecular weight excluding hydrogens is 262 g/mol. The number of carbonyl (C=O) groups is 1. The minimum absolute atomic E-state index is 0.180. The molecule has 0 heterocycles. The standard InChI is InChI=1S/C18H19NO2/c20-18(16-8-9-16)19-12-14-6-10-17(11-7-14)21-13-15-4-2-1-3-5-15/h1-7,10-11,16H,8-9,12-13H2,(H,19,20). The van der Waals surface area contributed by atoms with Crippen LogP contribution >= 0.6 is 0 Å². The SMILES string of the molecule is O=C(NCc1ccc(OCc2ccccc2)cc1)C1CC1. The van der Waals surface area contributed by atoms with Crippen LogP contribution < -0.4 is 10.1 Å². The topological polar surface area (TPSA) is 38.3 Å². The van der Waals surface area contributed by atoms with Crippen LogP contribution in [0.1, 0.15) is 24.0 Å². The van der Waals surface area contributed by atoms with Gasteiger partial charge in [-0.1, -0.05) is 42.5 Å². The van der Waals surface area contributed by atoms with Crippen LogP contribution in [0.15, 0.2) is 54.6 Å². The van der Waals surface area contributed by atoms with Gasteiger partial charge in [0.05, 0.1) is 0 Å². The molecule has 0 radical (unpaired) electrons. The molecule has 0 bridgehead atoms. The highest BCUT2D eigenvalue weighted by Crippen LogP contribution is 2.28. The van der Waals surface area contributed by atoms with E-state index in [2.05, 4.69) is 5.32 Å². The average molecular weight is 281 g/mol. The first-order valence-electron chi connectivity index (χ1n) is 7.34. The fourth-order valence-corrected chi connectivity index (χ4v) is 2.12. The molecule has 0 aliphatic heterocycles. The highest BCUT2D eigenvalue weighted by atomic mass is 16.5. The molecule has 2 aromatic carbocycles. The largest absolute Gasteiger partial charge is 0.489 e. The summed E-state index contributed by atoms with van der Waals surface area (Å²) in [7, 11) is 0. The monoisotopic (exact) mass is 281 g/mol. The van der Waals surface area contributed by atoms with Gasteiger partial charge in [-0.05, 0) is 36.1 Å². The second-order valence-electron chi connectivity index (χ2n) is 5.41. The lowest BCUT2D eigenvalue weighted by molar-refractivity contribution is -0.122. The summed E-state index contributed by atoms with van der Waals surface area (Å²) < 4.78 is 5.73. The van der Waals surface area contributed by atoms with Crippen molar-refractivity contribution in [1.82, 2.24) is 5.32 Å². The van der Waals surface area contributed by atoms with Crippen molar-refractivity contribution < 1.29 is 9.53 Å². The van der Waals surface area contributed by atoms with E-state index in [0.29, 0.717) is 13.2 Å². The van der Waals surface area contributed by atoms with Gasteiger partial charge in [0, 0.05) is 12.5 Å². The molecule has 0 saturated heterocycles. The van der Waals surface area contributed by atoms with Crippen LogP contribution in [0.2, 0.25) is 0 Å². The molecule has 108 valence electrons. The molecule has 0 atom stereocenters. The summed E-state index contributed by atoms with van der Waals surface area (Å²) in [6, 6.07) is 18.0. The number of rotatable bonds is 6. The maximum atomic E-state index is 11.6. The van der Waals surface area contributed by atoms with E-state index in [-0.39, 0.29) is 11.8 Å². The summed E-state index contributed by atoms with van der Waals surface area (Å²) in [5.41, 5.74) is 2.24. The van der Waals surface area contributed by atoms with Crippen molar-refractivity contribution >= 4 is 5.91 Å². The molecule has 3 heteroatoms. The van der Waals surface area contributed by atoms with Gasteiger partial charge in [0.2, 0.25) is 5.91 Å². The van der Waals surface area contributed by atoms with E-state index in [9.17, 15) is 4.79 Å². The molecule has 1 aliphatic rings. The van der Waals surface area contributed by atoms with Crippen LogP contribution in [0.4, 0.5) is 0 Å². The van der Waals surface area contributed by atoms with Gasteiger partial charge in [0.25, 0.3) is 0 Å². The lowest BCUT2D eigenvalue weighted by Gasteiger charge is -2.08. The zero-order valence-electron chi connectivity index (χ0n) is 11.9. The predicted molar refractivity (Wildman–Crippen MR) is 81.8 cm³/mol. The Kier molecular flexibility index (Phi) is 4.20. The van der Waals surface area contributed by atoms with Crippen molar-refractivity contribution in [3.63, 3.8) is 0 Å². The third kappa shape index (κ3) is 4.09. The summed E-state index contributed by atoms with van der Waals surface area (Å²) in [5, 5.41) is 2.96. The number of nitrogens with one attached hydrogen (secondary N) is 1. The van der Waals surface area contributed by atoms with Crippen molar-refractivity contribution in [3.8, 4) is 5.75 Å². The van der Waals surface area contributed by atoms with E-state index in [4.69, 9.17) is 4.74 Å². The summed E-state index contributed by atoms with van der Waals surface area (Å²) in [6.07, 6.45) is 2.08. The molecule has 2 aromatic rings. The third-order valence-corrected chi connectivity index (χ3v) is 3.59. The molecular formula is C18H19NO2. The zero-order chi connectivity index (χ0) is 14.5. The summed E-state index contributed by atoms with van der Waals surface area (Å²) in [6.45, 7) is 1.16. The first kappa shape index (κ1) is 13.7. The number of benzene rings is 2. The average Bonchev–Trinajstić information content (AvgIpc) is 3.37. The van der Waals surface area contributed by atoms with Crippen molar-refractivity contribution in [2.75, 3.05) is 0 Å². The van der Waals surface area contributed by atoms with E-state index < -0.39 is 0 Å². The molecule has 0 aromatic heterocycles. The Bertz CT molecular complexity index is 588. The van der Waals surface area contributed by atoms with Crippen molar-refractivity contribution in [1.29, 1.82) is 0 Å². The first-order chi connectivity index (χ1) is 10.3. The molecule has 1 amide bonds. The predicted octanol–water partition coefficient (Wildman–Crippen LogP) is 3.29. The lowest BCUT2D eigenvalue weighted by atomic mass is 10.2. The van der Waals surface area contributed by atoms with Gasteiger partial charge >= 0.3 is 0 Å². The smallest absolute Gasteiger partial charge is 0.223 e. The molecule has 0 spiro atoms. The fourth-order valence-electron chi connectivity index (χ4n) is 2.12. The summed E-state index contributed by atoms with van der Waals surface area (Å²) >= 11 is 0. The van der Waals surface area contributed by atoms with Crippen LogP contribution in [-0.2, 0) is 17.9 Å². The molecule has 21 heavy (non-hydrogen) atoms.